The summed E-state index contributed by atoms with van der Waals surface area (Å²) in [6, 6.07) is 1.28. The minimum atomic E-state index is -1.35. The van der Waals surface area contributed by atoms with Gasteiger partial charge in [0.15, 0.2) is 8.32 Å². The fourth-order valence-electron chi connectivity index (χ4n) is 4.92. The van der Waals surface area contributed by atoms with E-state index in [4.69, 9.17) is 9.16 Å². The second-order valence-corrected chi connectivity index (χ2v) is 15.0. The van der Waals surface area contributed by atoms with Crippen LogP contribution in [-0.2, 0) is 14.0 Å². The first-order chi connectivity index (χ1) is 13.6. The molecule has 0 aliphatic heterocycles. The lowest BCUT2D eigenvalue weighted by Gasteiger charge is -2.46. The van der Waals surface area contributed by atoms with Crippen molar-refractivity contribution in [3.05, 3.63) is 0 Å². The lowest BCUT2D eigenvalue weighted by atomic mass is 9.63. The molecule has 4 unspecified atom stereocenters. The second-order valence-electron chi connectivity index (χ2n) is 10.5. The van der Waals surface area contributed by atoms with Crippen molar-refractivity contribution in [3.8, 4) is 0 Å². The molecule has 1 aliphatic rings. The highest BCUT2D eigenvalue weighted by Crippen LogP contribution is 2.43. The summed E-state index contributed by atoms with van der Waals surface area (Å²) in [5, 5.41) is 0. The number of carbonyl (C=O) groups excluding carboxylic acids is 1. The van der Waals surface area contributed by atoms with Crippen molar-refractivity contribution in [1.82, 2.24) is 0 Å². The number of hydrogen-bond acceptors (Lipinski definition) is 3. The molecular formula is C27H58O3Si. The van der Waals surface area contributed by atoms with Crippen LogP contribution in [0.25, 0.3) is 0 Å². The van der Waals surface area contributed by atoms with Crippen LogP contribution in [0.15, 0.2) is 0 Å². The van der Waals surface area contributed by atoms with Gasteiger partial charge in [-0.05, 0) is 55.1 Å². The Morgan fingerprint density at radius 3 is 1.52 bits per heavy atom. The van der Waals surface area contributed by atoms with Crippen LogP contribution >= 0.6 is 0 Å². The largest absolute Gasteiger partial charge is 0.462 e. The maximum absolute atomic E-state index is 12.4. The van der Waals surface area contributed by atoms with Gasteiger partial charge in [0.1, 0.15) is 6.10 Å². The maximum Gasteiger partial charge on any atom is 0.306 e. The van der Waals surface area contributed by atoms with E-state index in [0.717, 1.165) is 12.8 Å². The van der Waals surface area contributed by atoms with Gasteiger partial charge in [0.05, 0.1) is 0 Å². The highest BCUT2D eigenvalue weighted by molar-refractivity contribution is 6.71. The average Bonchev–Trinajstić information content (AvgIpc) is 2.69. The zero-order valence-electron chi connectivity index (χ0n) is 20.8. The van der Waals surface area contributed by atoms with Crippen LogP contribution < -0.4 is 0 Å². The van der Waals surface area contributed by atoms with E-state index in [1.54, 1.807) is 0 Å². The molecule has 0 N–H and O–H groups in total. The van der Waals surface area contributed by atoms with Gasteiger partial charge in [0, 0.05) is 13.5 Å². The number of hydrogen-bond donors (Lipinski definition) is 0. The zero-order chi connectivity index (χ0) is 22.0. The smallest absolute Gasteiger partial charge is 0.306 e. The van der Waals surface area contributed by atoms with E-state index >= 15 is 0 Å². The minimum Gasteiger partial charge on any atom is -0.462 e. The Kier molecular flexibility index (Phi) is 17.2. The van der Waals surface area contributed by atoms with Gasteiger partial charge in [-0.3, -0.25) is 4.79 Å². The maximum atomic E-state index is 12.4. The van der Waals surface area contributed by atoms with E-state index in [2.05, 4.69) is 47.7 Å². The van der Waals surface area contributed by atoms with Gasteiger partial charge in [-0.1, -0.05) is 94.4 Å². The molecule has 0 heterocycles. The highest BCUT2D eigenvalue weighted by Gasteiger charge is 2.43. The van der Waals surface area contributed by atoms with Crippen LogP contribution in [0.5, 0.6) is 0 Å². The molecule has 0 aromatic carbocycles. The Morgan fingerprint density at radius 2 is 1.06 bits per heavy atom. The summed E-state index contributed by atoms with van der Waals surface area (Å²) >= 11 is 0. The Labute approximate surface area is 197 Å². The molecule has 4 heteroatoms. The number of unbranched alkanes of at least 4 members (excludes halogenated alkanes) is 7. The molecule has 3 nitrogen and oxygen atoms in total. The van der Waals surface area contributed by atoms with E-state index in [0.29, 0.717) is 36.0 Å². The number of ether oxygens (including phenoxy) is 1. The van der Waals surface area contributed by atoms with Crippen molar-refractivity contribution in [1.29, 1.82) is 0 Å². The molecule has 0 aromatic rings. The fourth-order valence-corrected chi connectivity index (χ4v) is 6.23. The van der Waals surface area contributed by atoms with Crippen molar-refractivity contribution in [2.45, 2.75) is 133 Å². The molecule has 0 radical (unpaired) electrons. The molecule has 1 rings (SSSR count). The second kappa shape index (κ2) is 16.3. The predicted octanol–water partition coefficient (Wildman–Crippen LogP) is 8.73. The first kappa shape index (κ1) is 32.8. The van der Waals surface area contributed by atoms with Crippen molar-refractivity contribution >= 4 is 14.3 Å². The summed E-state index contributed by atoms with van der Waals surface area (Å²) in [7, 11) is 0.507. The van der Waals surface area contributed by atoms with Crippen LogP contribution in [0.2, 0.25) is 19.1 Å². The summed E-state index contributed by atoms with van der Waals surface area (Å²) in [4.78, 5) is 12.4. The SMILES string of the molecule is C.C.CO[Si](C)(C)CCCCCCCCCCC(=O)OC1C(C)C(C)C(C)C(C)C1C. The van der Waals surface area contributed by atoms with Crippen molar-refractivity contribution < 1.29 is 14.0 Å². The van der Waals surface area contributed by atoms with Crippen LogP contribution in [0.3, 0.4) is 0 Å². The van der Waals surface area contributed by atoms with E-state index in [-0.39, 0.29) is 26.9 Å². The lowest BCUT2D eigenvalue weighted by Crippen LogP contribution is -2.46. The Balaban J connectivity index is 0. The standard InChI is InChI=1S/C25H50O3Si.2CH4/c1-19-20(2)22(4)25(23(5)21(19)3)28-24(26)17-15-13-11-9-10-12-14-16-18-29(7,8)27-6;;/h19-23,25H,9-18H2,1-8H3;2*1H4. The Hall–Kier alpha value is -0.353. The molecular weight excluding hydrogens is 400 g/mol. The molecule has 188 valence electrons. The van der Waals surface area contributed by atoms with E-state index < -0.39 is 8.32 Å². The van der Waals surface area contributed by atoms with E-state index in [1.807, 2.05) is 7.11 Å². The molecule has 0 saturated heterocycles. The molecule has 1 saturated carbocycles. The van der Waals surface area contributed by atoms with Gasteiger partial charge >= 0.3 is 5.97 Å². The molecule has 0 bridgehead atoms. The number of rotatable bonds is 13. The van der Waals surface area contributed by atoms with Gasteiger partial charge in [0.2, 0.25) is 0 Å². The third-order valence-electron chi connectivity index (χ3n) is 8.08. The van der Waals surface area contributed by atoms with Crippen molar-refractivity contribution in [3.63, 3.8) is 0 Å². The molecule has 0 aromatic heterocycles. The average molecular weight is 459 g/mol. The molecule has 0 spiro atoms. The first-order valence-electron chi connectivity index (χ1n) is 12.4. The van der Waals surface area contributed by atoms with Crippen LogP contribution in [0.4, 0.5) is 0 Å². The third-order valence-corrected chi connectivity index (χ3v) is 10.7. The summed E-state index contributed by atoms with van der Waals surface area (Å²) in [5.74, 6) is 2.86. The van der Waals surface area contributed by atoms with Gasteiger partial charge in [-0.2, -0.15) is 0 Å². The molecule has 0 amide bonds. The summed E-state index contributed by atoms with van der Waals surface area (Å²) < 4.78 is 11.6. The predicted molar refractivity (Wildman–Crippen MR) is 140 cm³/mol. The van der Waals surface area contributed by atoms with Crippen molar-refractivity contribution in [2.75, 3.05) is 7.11 Å². The zero-order valence-corrected chi connectivity index (χ0v) is 21.8. The molecule has 4 atom stereocenters. The number of esters is 1. The summed E-state index contributed by atoms with van der Waals surface area (Å²) in [6.45, 7) is 16.1. The molecule has 1 fully saturated rings. The van der Waals surface area contributed by atoms with Gasteiger partial charge in [-0.25, -0.2) is 0 Å². The minimum absolute atomic E-state index is 0. The summed E-state index contributed by atoms with van der Waals surface area (Å²) in [6.07, 6.45) is 10.7. The normalized spacial score (nSPS) is 28.4. The topological polar surface area (TPSA) is 35.5 Å². The lowest BCUT2D eigenvalue weighted by molar-refractivity contribution is -0.164. The highest BCUT2D eigenvalue weighted by atomic mass is 28.4. The van der Waals surface area contributed by atoms with Gasteiger partial charge in [-0.15, -0.1) is 0 Å². The first-order valence-corrected chi connectivity index (χ1v) is 15.5. The molecule has 1 aliphatic carbocycles. The monoisotopic (exact) mass is 458 g/mol. The number of carbonyl (C=O) groups is 1. The van der Waals surface area contributed by atoms with Crippen LogP contribution in [0, 0.1) is 29.6 Å². The van der Waals surface area contributed by atoms with Gasteiger partial charge < -0.3 is 9.16 Å². The van der Waals surface area contributed by atoms with Crippen LogP contribution in [0.1, 0.15) is 107 Å². The van der Waals surface area contributed by atoms with E-state index in [9.17, 15) is 4.79 Å². The Bertz CT molecular complexity index is 449. The van der Waals surface area contributed by atoms with Crippen LogP contribution in [-0.4, -0.2) is 27.5 Å². The molecule has 31 heavy (non-hydrogen) atoms. The fraction of sp³-hybridized carbons (Fsp3) is 0.963. The third kappa shape index (κ3) is 11.4. The van der Waals surface area contributed by atoms with Gasteiger partial charge in [0.25, 0.3) is 0 Å². The van der Waals surface area contributed by atoms with E-state index in [1.165, 1.54) is 44.6 Å². The van der Waals surface area contributed by atoms with Crippen molar-refractivity contribution in [2.24, 2.45) is 29.6 Å². The quantitative estimate of drug-likeness (QED) is 0.157. The summed E-state index contributed by atoms with van der Waals surface area (Å²) in [5.41, 5.74) is 0. The Morgan fingerprint density at radius 1 is 0.677 bits per heavy atom.